The van der Waals surface area contributed by atoms with Crippen LogP contribution in [0.5, 0.6) is 0 Å². The molecule has 0 aromatic rings. The van der Waals surface area contributed by atoms with Gasteiger partial charge in [-0.1, -0.05) is 154 Å². The van der Waals surface area contributed by atoms with Crippen molar-refractivity contribution in [3.05, 3.63) is 24.3 Å². The Labute approximate surface area is 335 Å². The maximum absolute atomic E-state index is 13.0. The van der Waals surface area contributed by atoms with Gasteiger partial charge in [-0.25, -0.2) is 0 Å². The minimum Gasteiger partial charge on any atom is -0.452 e. The summed E-state index contributed by atoms with van der Waals surface area (Å²) in [4.78, 5) is 40.2. The minimum atomic E-state index is -0.929. The van der Waals surface area contributed by atoms with Crippen LogP contribution in [0.1, 0.15) is 219 Å². The number of unbranched alkanes of at least 4 members (excludes halogenated alkanes) is 24. The van der Waals surface area contributed by atoms with Crippen molar-refractivity contribution in [2.75, 3.05) is 33.7 Å². The Morgan fingerprint density at radius 2 is 0.889 bits per heavy atom. The van der Waals surface area contributed by atoms with E-state index in [1.807, 2.05) is 19.0 Å². The van der Waals surface area contributed by atoms with Gasteiger partial charge in [0.05, 0.1) is 0 Å². The Hall–Kier alpha value is -2.15. The lowest BCUT2D eigenvalue weighted by Gasteiger charge is -2.18. The highest BCUT2D eigenvalue weighted by Gasteiger charge is 2.23. The summed E-state index contributed by atoms with van der Waals surface area (Å²) in [5, 5.41) is 5.97. The van der Waals surface area contributed by atoms with E-state index in [0.717, 1.165) is 32.2 Å². The summed E-state index contributed by atoms with van der Waals surface area (Å²) in [6.07, 6.45) is 44.9. The first kappa shape index (κ1) is 51.9. The molecular formula is C47H89N3O4. The molecule has 0 aliphatic rings. The van der Waals surface area contributed by atoms with Crippen LogP contribution in [0.4, 0.5) is 0 Å². The van der Waals surface area contributed by atoms with Crippen molar-refractivity contribution >= 4 is 17.8 Å². The number of carbonyl (C=O) groups excluding carboxylic acids is 3. The molecule has 1 atom stereocenters. The highest BCUT2D eigenvalue weighted by molar-refractivity contribution is 5.84. The molecule has 7 heteroatoms. The number of amides is 2. The number of allylic oxidation sites excluding steroid dienone is 4. The Balaban J connectivity index is 4.12. The Bertz CT molecular complexity index is 903. The molecule has 0 aliphatic carbocycles. The molecule has 0 rings (SSSR count). The fourth-order valence-electron chi connectivity index (χ4n) is 6.65. The lowest BCUT2D eigenvalue weighted by molar-refractivity contribution is -0.156. The van der Waals surface area contributed by atoms with Gasteiger partial charge in [-0.3, -0.25) is 14.4 Å². The third kappa shape index (κ3) is 39.5. The van der Waals surface area contributed by atoms with Crippen molar-refractivity contribution in [1.29, 1.82) is 0 Å². The third-order valence-corrected chi connectivity index (χ3v) is 10.2. The van der Waals surface area contributed by atoms with E-state index >= 15 is 0 Å². The molecule has 0 saturated carbocycles. The molecule has 0 heterocycles. The molecule has 0 radical (unpaired) electrons. The van der Waals surface area contributed by atoms with Gasteiger partial charge in [-0.2, -0.15) is 0 Å². The zero-order valence-electron chi connectivity index (χ0n) is 36.2. The monoisotopic (exact) mass is 760 g/mol. The summed E-state index contributed by atoms with van der Waals surface area (Å²) in [7, 11) is 3.93. The average Bonchev–Trinajstić information content (AvgIpc) is 3.15. The molecule has 54 heavy (non-hydrogen) atoms. The van der Waals surface area contributed by atoms with E-state index in [1.165, 1.54) is 154 Å². The fraction of sp³-hybridized carbons (Fsp3) is 0.851. The first-order valence-electron chi connectivity index (χ1n) is 23.1. The number of hydrogen-bond donors (Lipinski definition) is 2. The van der Waals surface area contributed by atoms with Gasteiger partial charge in [0.15, 0.2) is 6.10 Å². The van der Waals surface area contributed by atoms with Crippen molar-refractivity contribution in [1.82, 2.24) is 15.5 Å². The number of nitrogens with one attached hydrogen (secondary N) is 2. The van der Waals surface area contributed by atoms with Gasteiger partial charge >= 0.3 is 5.97 Å². The van der Waals surface area contributed by atoms with Crippen molar-refractivity contribution < 1.29 is 19.1 Å². The molecular weight excluding hydrogens is 671 g/mol. The normalized spacial score (nSPS) is 12.2. The standard InChI is InChI=1S/C47H89N3O4/c1-5-7-9-11-13-15-17-19-21-23-25-27-29-31-33-35-41-48-45(51)40-39-44(54-46(52)38-37-43-50(3)4)47(53)49-42-36-34-32-30-28-26-24-22-20-18-16-14-12-10-8-6-2/h19-22,44H,5-18,23-43H2,1-4H3,(H,48,51)(H,49,53)/b21-19-,22-20-. The first-order chi connectivity index (χ1) is 26.4. The number of hydrogen-bond acceptors (Lipinski definition) is 5. The zero-order valence-corrected chi connectivity index (χ0v) is 36.2. The van der Waals surface area contributed by atoms with E-state index in [-0.39, 0.29) is 37.0 Å². The van der Waals surface area contributed by atoms with Crippen molar-refractivity contribution in [2.45, 2.75) is 225 Å². The lowest BCUT2D eigenvalue weighted by atomic mass is 10.1. The van der Waals surface area contributed by atoms with Gasteiger partial charge in [-0.15, -0.1) is 0 Å². The summed E-state index contributed by atoms with van der Waals surface area (Å²) < 4.78 is 5.61. The lowest BCUT2D eigenvalue weighted by Crippen LogP contribution is -2.39. The van der Waals surface area contributed by atoms with Crippen molar-refractivity contribution in [3.63, 3.8) is 0 Å². The summed E-state index contributed by atoms with van der Waals surface area (Å²) in [5.41, 5.74) is 0. The van der Waals surface area contributed by atoms with Crippen molar-refractivity contribution in [2.24, 2.45) is 0 Å². The molecule has 0 aromatic heterocycles. The molecule has 0 aliphatic heterocycles. The summed E-state index contributed by atoms with van der Waals surface area (Å²) >= 11 is 0. The predicted molar refractivity (Wildman–Crippen MR) is 232 cm³/mol. The molecule has 2 amide bonds. The van der Waals surface area contributed by atoms with Gasteiger partial charge < -0.3 is 20.3 Å². The van der Waals surface area contributed by atoms with E-state index in [0.29, 0.717) is 19.5 Å². The second-order valence-electron chi connectivity index (χ2n) is 15.9. The maximum Gasteiger partial charge on any atom is 0.306 e. The number of ether oxygens (including phenoxy) is 1. The minimum absolute atomic E-state index is 0.0856. The van der Waals surface area contributed by atoms with E-state index in [9.17, 15) is 14.4 Å². The Kier molecular flexibility index (Phi) is 40.3. The number of rotatable bonds is 41. The molecule has 1 unspecified atom stereocenters. The van der Waals surface area contributed by atoms with Gasteiger partial charge in [0.2, 0.25) is 5.91 Å². The number of nitrogens with zero attached hydrogens (tertiary/aromatic N) is 1. The first-order valence-corrected chi connectivity index (χ1v) is 23.1. The third-order valence-electron chi connectivity index (χ3n) is 10.2. The topological polar surface area (TPSA) is 87.7 Å². The van der Waals surface area contributed by atoms with Crippen LogP contribution in [0.2, 0.25) is 0 Å². The van der Waals surface area contributed by atoms with Gasteiger partial charge in [-0.05, 0) is 91.3 Å². The second kappa shape index (κ2) is 42.0. The second-order valence-corrected chi connectivity index (χ2v) is 15.9. The summed E-state index contributed by atoms with van der Waals surface area (Å²) in [6, 6.07) is 0. The van der Waals surface area contributed by atoms with Crippen LogP contribution in [0, 0.1) is 0 Å². The molecule has 0 fully saturated rings. The van der Waals surface area contributed by atoms with Crippen LogP contribution in [0.25, 0.3) is 0 Å². The molecule has 7 nitrogen and oxygen atoms in total. The molecule has 2 N–H and O–H groups in total. The Morgan fingerprint density at radius 1 is 0.500 bits per heavy atom. The molecule has 0 bridgehead atoms. The highest BCUT2D eigenvalue weighted by Crippen LogP contribution is 2.12. The van der Waals surface area contributed by atoms with E-state index in [2.05, 4.69) is 48.8 Å². The van der Waals surface area contributed by atoms with E-state index in [4.69, 9.17) is 4.74 Å². The zero-order chi connectivity index (χ0) is 39.6. The van der Waals surface area contributed by atoms with Crippen LogP contribution >= 0.6 is 0 Å². The van der Waals surface area contributed by atoms with E-state index < -0.39 is 6.10 Å². The fourth-order valence-corrected chi connectivity index (χ4v) is 6.65. The smallest absolute Gasteiger partial charge is 0.306 e. The highest BCUT2D eigenvalue weighted by atomic mass is 16.5. The van der Waals surface area contributed by atoms with E-state index in [1.54, 1.807) is 0 Å². The molecule has 0 aromatic carbocycles. The Morgan fingerprint density at radius 3 is 1.31 bits per heavy atom. The van der Waals surface area contributed by atoms with Crippen LogP contribution < -0.4 is 10.6 Å². The predicted octanol–water partition coefficient (Wildman–Crippen LogP) is 12.3. The molecule has 316 valence electrons. The molecule has 0 spiro atoms. The maximum atomic E-state index is 13.0. The van der Waals surface area contributed by atoms with Crippen LogP contribution in [-0.4, -0.2) is 62.5 Å². The number of esters is 1. The van der Waals surface area contributed by atoms with Gasteiger partial charge in [0.1, 0.15) is 0 Å². The SMILES string of the molecule is CCCCCCCC/C=C\CCCCCCCCNC(=O)CCC(OC(=O)CCCN(C)C)C(=O)NCCCCCCCC/C=C\CCCCCCCC. The molecule has 0 saturated heterocycles. The van der Waals surface area contributed by atoms with Crippen LogP contribution in [0.15, 0.2) is 24.3 Å². The van der Waals surface area contributed by atoms with Crippen LogP contribution in [0.3, 0.4) is 0 Å². The van der Waals surface area contributed by atoms with Crippen molar-refractivity contribution in [3.8, 4) is 0 Å². The van der Waals surface area contributed by atoms with Gasteiger partial charge in [0.25, 0.3) is 5.91 Å². The summed E-state index contributed by atoms with van der Waals surface area (Å²) in [6.45, 7) is 6.53. The van der Waals surface area contributed by atoms with Crippen LogP contribution in [-0.2, 0) is 19.1 Å². The van der Waals surface area contributed by atoms with Gasteiger partial charge in [0, 0.05) is 32.4 Å². The largest absolute Gasteiger partial charge is 0.452 e. The summed E-state index contributed by atoms with van der Waals surface area (Å²) in [5.74, 6) is -0.749. The quantitative estimate of drug-likeness (QED) is 0.0368. The average molecular weight is 760 g/mol. The number of carbonyl (C=O) groups is 3.